The van der Waals surface area contributed by atoms with Crippen molar-refractivity contribution in [3.63, 3.8) is 0 Å². The predicted molar refractivity (Wildman–Crippen MR) is 120 cm³/mol. The highest BCUT2D eigenvalue weighted by Crippen LogP contribution is 2.51. The molecule has 0 radical (unpaired) electrons. The molecule has 2 saturated carbocycles. The summed E-state index contributed by atoms with van der Waals surface area (Å²) in [5, 5.41) is 0. The maximum atomic E-state index is 5.69. The first-order valence-electron chi connectivity index (χ1n) is 11.3. The van der Waals surface area contributed by atoms with Crippen LogP contribution >= 0.6 is 0 Å². The lowest BCUT2D eigenvalue weighted by molar-refractivity contribution is 0.384. The number of aromatic nitrogens is 4. The van der Waals surface area contributed by atoms with Crippen molar-refractivity contribution in [3.8, 4) is 5.88 Å². The van der Waals surface area contributed by atoms with Gasteiger partial charge in [0.1, 0.15) is 18.0 Å². The summed E-state index contributed by atoms with van der Waals surface area (Å²) in [5.41, 5.74) is 4.91. The molecule has 0 saturated heterocycles. The summed E-state index contributed by atoms with van der Waals surface area (Å²) in [6, 6.07) is 0. The second-order valence-corrected chi connectivity index (χ2v) is 9.73. The molecule has 0 aliphatic heterocycles. The molecule has 2 heterocycles. The number of hydrogen-bond donors (Lipinski definition) is 0. The molecule has 2 aliphatic rings. The van der Waals surface area contributed by atoms with Crippen LogP contribution in [0, 0.1) is 5.92 Å². The quantitative estimate of drug-likeness (QED) is 0.623. The van der Waals surface area contributed by atoms with Gasteiger partial charge >= 0.3 is 0 Å². The number of ether oxygens (including phenoxy) is 1. The third-order valence-corrected chi connectivity index (χ3v) is 6.33. The molecule has 6 heteroatoms. The maximum Gasteiger partial charge on any atom is 0.220 e. The van der Waals surface area contributed by atoms with E-state index in [0.29, 0.717) is 29.6 Å². The van der Waals surface area contributed by atoms with Crippen LogP contribution < -0.4 is 9.64 Å². The van der Waals surface area contributed by atoms with Crippen LogP contribution in [-0.4, -0.2) is 41.1 Å². The molecule has 6 nitrogen and oxygen atoms in total. The van der Waals surface area contributed by atoms with Crippen molar-refractivity contribution in [2.45, 2.75) is 77.0 Å². The van der Waals surface area contributed by atoms with Gasteiger partial charge in [0.2, 0.25) is 5.88 Å². The zero-order chi connectivity index (χ0) is 21.6. The van der Waals surface area contributed by atoms with E-state index in [1.807, 2.05) is 0 Å². The number of nitrogens with zero attached hydrogens (tertiary/aromatic N) is 5. The Bertz CT molecular complexity index is 920. The standard InChI is InChI=1S/C24H35N5O/c1-13(2)19-22(25-12-26-23(19)29(5)6)17-10-16(17)11-18-27-21(15-8-9-15)20(14(3)4)24(28-18)30-7/h12-17H,8-11H2,1-7H3. The van der Waals surface area contributed by atoms with E-state index in [9.17, 15) is 0 Å². The summed E-state index contributed by atoms with van der Waals surface area (Å²) in [4.78, 5) is 21.2. The van der Waals surface area contributed by atoms with Crippen LogP contribution in [0.2, 0.25) is 0 Å². The van der Waals surface area contributed by atoms with Gasteiger partial charge in [-0.05, 0) is 37.0 Å². The smallest absolute Gasteiger partial charge is 0.220 e. The lowest BCUT2D eigenvalue weighted by Crippen LogP contribution is -2.16. The molecule has 0 aromatic carbocycles. The highest BCUT2D eigenvalue weighted by Gasteiger charge is 2.43. The summed E-state index contributed by atoms with van der Waals surface area (Å²) in [7, 11) is 5.84. The molecule has 2 aliphatic carbocycles. The first-order valence-corrected chi connectivity index (χ1v) is 11.3. The summed E-state index contributed by atoms with van der Waals surface area (Å²) in [6.07, 6.45) is 6.21. The summed E-state index contributed by atoms with van der Waals surface area (Å²) >= 11 is 0. The van der Waals surface area contributed by atoms with Gasteiger partial charge in [0.25, 0.3) is 0 Å². The fraction of sp³-hybridized carbons (Fsp3) is 0.667. The molecule has 4 rings (SSSR count). The van der Waals surface area contributed by atoms with E-state index < -0.39 is 0 Å². The highest BCUT2D eigenvalue weighted by atomic mass is 16.5. The van der Waals surface area contributed by atoms with E-state index in [0.717, 1.165) is 30.4 Å². The molecule has 2 aromatic heterocycles. The Balaban J connectivity index is 1.60. The van der Waals surface area contributed by atoms with Crippen LogP contribution in [0.4, 0.5) is 5.82 Å². The molecule has 2 atom stereocenters. The van der Waals surface area contributed by atoms with Crippen LogP contribution in [0.25, 0.3) is 0 Å². The van der Waals surface area contributed by atoms with Gasteiger partial charge < -0.3 is 9.64 Å². The second-order valence-electron chi connectivity index (χ2n) is 9.73. The van der Waals surface area contributed by atoms with E-state index >= 15 is 0 Å². The van der Waals surface area contributed by atoms with Gasteiger partial charge in [0, 0.05) is 43.5 Å². The molecule has 0 spiro atoms. The molecule has 162 valence electrons. The molecule has 2 aromatic rings. The van der Waals surface area contributed by atoms with Crippen molar-refractivity contribution >= 4 is 5.82 Å². The fourth-order valence-electron chi connectivity index (χ4n) is 4.62. The van der Waals surface area contributed by atoms with Crippen molar-refractivity contribution < 1.29 is 4.74 Å². The van der Waals surface area contributed by atoms with E-state index in [1.165, 1.54) is 35.4 Å². The molecule has 30 heavy (non-hydrogen) atoms. The normalized spacial score (nSPS) is 20.7. The van der Waals surface area contributed by atoms with Crippen LogP contribution in [0.1, 0.15) is 99.0 Å². The molecule has 2 fully saturated rings. The van der Waals surface area contributed by atoms with Gasteiger partial charge in [0.05, 0.1) is 18.5 Å². The van der Waals surface area contributed by atoms with Crippen LogP contribution in [-0.2, 0) is 6.42 Å². The maximum absolute atomic E-state index is 5.69. The van der Waals surface area contributed by atoms with Gasteiger partial charge in [-0.1, -0.05) is 27.7 Å². The SMILES string of the molecule is COc1nc(CC2CC2c2ncnc(N(C)C)c2C(C)C)nc(C2CC2)c1C(C)C. The minimum atomic E-state index is 0.373. The summed E-state index contributed by atoms with van der Waals surface area (Å²) in [5.74, 6) is 5.09. The Morgan fingerprint density at radius 3 is 2.27 bits per heavy atom. The molecular formula is C24H35N5O. The summed E-state index contributed by atoms with van der Waals surface area (Å²) < 4.78 is 5.69. The fourth-order valence-corrected chi connectivity index (χ4v) is 4.62. The van der Waals surface area contributed by atoms with Gasteiger partial charge in [-0.3, -0.25) is 0 Å². The van der Waals surface area contributed by atoms with E-state index in [-0.39, 0.29) is 0 Å². The number of rotatable bonds is 8. The summed E-state index contributed by atoms with van der Waals surface area (Å²) in [6.45, 7) is 8.86. The lowest BCUT2D eigenvalue weighted by atomic mass is 9.97. The third-order valence-electron chi connectivity index (χ3n) is 6.33. The number of anilines is 1. The average Bonchev–Trinajstić information content (AvgIpc) is 3.61. The van der Waals surface area contributed by atoms with Crippen molar-refractivity contribution in [1.29, 1.82) is 0 Å². The largest absolute Gasteiger partial charge is 0.481 e. The highest BCUT2D eigenvalue weighted by molar-refractivity contribution is 5.51. The zero-order valence-electron chi connectivity index (χ0n) is 19.4. The molecule has 0 amide bonds. The van der Waals surface area contributed by atoms with Gasteiger partial charge in [0.15, 0.2) is 0 Å². The van der Waals surface area contributed by atoms with Gasteiger partial charge in [-0.25, -0.2) is 15.0 Å². The van der Waals surface area contributed by atoms with Crippen LogP contribution in [0.15, 0.2) is 6.33 Å². The third kappa shape index (κ3) is 4.01. The molecule has 0 N–H and O–H groups in total. The Labute approximate surface area is 180 Å². The topological polar surface area (TPSA) is 64.0 Å². The van der Waals surface area contributed by atoms with Crippen LogP contribution in [0.5, 0.6) is 5.88 Å². The van der Waals surface area contributed by atoms with E-state index in [2.05, 4.69) is 51.7 Å². The monoisotopic (exact) mass is 409 g/mol. The first kappa shape index (κ1) is 21.0. The molecule has 2 unspecified atom stereocenters. The first-order chi connectivity index (χ1) is 14.3. The zero-order valence-corrected chi connectivity index (χ0v) is 19.4. The van der Waals surface area contributed by atoms with Crippen molar-refractivity contribution in [2.75, 3.05) is 26.1 Å². The Morgan fingerprint density at radius 2 is 1.70 bits per heavy atom. The van der Waals surface area contributed by atoms with E-state index in [4.69, 9.17) is 19.7 Å². The van der Waals surface area contributed by atoms with Crippen LogP contribution in [0.3, 0.4) is 0 Å². The minimum absolute atomic E-state index is 0.373. The van der Waals surface area contributed by atoms with E-state index in [1.54, 1.807) is 13.4 Å². The Kier molecular flexibility index (Phi) is 5.69. The lowest BCUT2D eigenvalue weighted by Gasteiger charge is -2.21. The van der Waals surface area contributed by atoms with Crippen molar-refractivity contribution in [3.05, 3.63) is 34.7 Å². The number of methoxy groups -OCH3 is 1. The molecular weight excluding hydrogens is 374 g/mol. The molecule has 0 bridgehead atoms. The Hall–Kier alpha value is -2.24. The van der Waals surface area contributed by atoms with Crippen molar-refractivity contribution in [1.82, 2.24) is 19.9 Å². The number of hydrogen-bond acceptors (Lipinski definition) is 6. The Morgan fingerprint density at radius 1 is 1.00 bits per heavy atom. The minimum Gasteiger partial charge on any atom is -0.481 e. The van der Waals surface area contributed by atoms with Crippen molar-refractivity contribution in [2.24, 2.45) is 5.92 Å². The van der Waals surface area contributed by atoms with Gasteiger partial charge in [-0.15, -0.1) is 0 Å². The predicted octanol–water partition coefficient (Wildman–Crippen LogP) is 4.81. The average molecular weight is 410 g/mol. The van der Waals surface area contributed by atoms with Gasteiger partial charge in [-0.2, -0.15) is 4.98 Å². The second kappa shape index (κ2) is 8.12.